The summed E-state index contributed by atoms with van der Waals surface area (Å²) in [4.78, 5) is 0. The first-order valence-electron chi connectivity index (χ1n) is 4.23. The van der Waals surface area contributed by atoms with Crippen molar-refractivity contribution in [1.82, 2.24) is 5.32 Å². The van der Waals surface area contributed by atoms with Gasteiger partial charge in [-0.2, -0.15) is 0 Å². The summed E-state index contributed by atoms with van der Waals surface area (Å²) in [6, 6.07) is 7.27. The van der Waals surface area contributed by atoms with Gasteiger partial charge < -0.3 is 5.32 Å². The first-order chi connectivity index (χ1) is 6.24. The second-order valence-electron chi connectivity index (χ2n) is 2.89. The summed E-state index contributed by atoms with van der Waals surface area (Å²) in [6.45, 7) is 0.642. The van der Waals surface area contributed by atoms with Crippen LogP contribution in [0.3, 0.4) is 0 Å². The Morgan fingerprint density at radius 3 is 2.38 bits per heavy atom. The number of nitrogens with one attached hydrogen (secondary N) is 1. The molecular formula is C10H13F2N. The molecule has 0 spiro atoms. The molecule has 0 heterocycles. The summed E-state index contributed by atoms with van der Waals surface area (Å²) >= 11 is 0. The molecular weight excluding hydrogens is 172 g/mol. The molecule has 0 aromatic heterocycles. The fourth-order valence-electron chi connectivity index (χ4n) is 1.29. The Labute approximate surface area is 76.8 Å². The van der Waals surface area contributed by atoms with E-state index in [0.29, 0.717) is 6.54 Å². The molecule has 13 heavy (non-hydrogen) atoms. The van der Waals surface area contributed by atoms with Crippen molar-refractivity contribution in [3.8, 4) is 0 Å². The van der Waals surface area contributed by atoms with E-state index in [9.17, 15) is 8.78 Å². The Kier molecular flexibility index (Phi) is 3.83. The zero-order valence-corrected chi connectivity index (χ0v) is 7.56. The summed E-state index contributed by atoms with van der Waals surface area (Å²) in [5.41, 5.74) is 1.68. The molecule has 1 nitrogen and oxygen atoms in total. The van der Waals surface area contributed by atoms with Crippen molar-refractivity contribution < 1.29 is 8.78 Å². The molecule has 0 radical (unpaired) electrons. The molecule has 72 valence electrons. The van der Waals surface area contributed by atoms with Gasteiger partial charge in [-0.25, -0.2) is 8.78 Å². The fourth-order valence-corrected chi connectivity index (χ4v) is 1.29. The Bertz CT molecular complexity index is 261. The van der Waals surface area contributed by atoms with Crippen molar-refractivity contribution in [3.05, 3.63) is 35.4 Å². The van der Waals surface area contributed by atoms with Crippen molar-refractivity contribution in [2.75, 3.05) is 7.05 Å². The van der Waals surface area contributed by atoms with E-state index in [1.165, 1.54) is 0 Å². The van der Waals surface area contributed by atoms with Gasteiger partial charge >= 0.3 is 0 Å². The van der Waals surface area contributed by atoms with Gasteiger partial charge in [-0.3, -0.25) is 0 Å². The van der Waals surface area contributed by atoms with Gasteiger partial charge in [0, 0.05) is 13.0 Å². The quantitative estimate of drug-likeness (QED) is 0.758. The van der Waals surface area contributed by atoms with Gasteiger partial charge in [-0.05, 0) is 18.2 Å². The smallest absolute Gasteiger partial charge is 0.242 e. The maximum atomic E-state index is 12.1. The minimum atomic E-state index is -2.27. The summed E-state index contributed by atoms with van der Waals surface area (Å²) in [5, 5.41) is 2.95. The second kappa shape index (κ2) is 4.92. The summed E-state index contributed by atoms with van der Waals surface area (Å²) in [7, 11) is 1.80. The molecule has 0 amide bonds. The zero-order valence-electron chi connectivity index (χ0n) is 7.56. The lowest BCUT2D eigenvalue weighted by atomic mass is 10.1. The van der Waals surface area contributed by atoms with Crippen LogP contribution in [0.25, 0.3) is 0 Å². The van der Waals surface area contributed by atoms with E-state index in [-0.39, 0.29) is 6.42 Å². The lowest BCUT2D eigenvalue weighted by molar-refractivity contribution is 0.149. The molecule has 0 fully saturated rings. The van der Waals surface area contributed by atoms with E-state index < -0.39 is 6.43 Å². The lowest BCUT2D eigenvalue weighted by Crippen LogP contribution is -2.09. The molecule has 0 aliphatic heterocycles. The third-order valence-corrected chi connectivity index (χ3v) is 1.86. The molecule has 0 aliphatic carbocycles. The molecule has 0 saturated heterocycles. The molecule has 1 aromatic rings. The number of benzene rings is 1. The van der Waals surface area contributed by atoms with Gasteiger partial charge in [0.2, 0.25) is 6.43 Å². The van der Waals surface area contributed by atoms with Gasteiger partial charge in [0.1, 0.15) is 0 Å². The average molecular weight is 185 g/mol. The fraction of sp³-hybridized carbons (Fsp3) is 0.400. The molecule has 0 atom stereocenters. The predicted molar refractivity (Wildman–Crippen MR) is 48.9 cm³/mol. The minimum Gasteiger partial charge on any atom is -0.316 e. The standard InChI is InChI=1S/C10H13F2N/c1-13-7-9-5-3-2-4-8(9)6-10(11)12/h2-5,10,13H,6-7H2,1H3. The van der Waals surface area contributed by atoms with Gasteiger partial charge in [0.05, 0.1) is 0 Å². The predicted octanol–water partition coefficient (Wildman–Crippen LogP) is 2.21. The number of alkyl halides is 2. The van der Waals surface area contributed by atoms with Crippen molar-refractivity contribution in [2.24, 2.45) is 0 Å². The van der Waals surface area contributed by atoms with Crippen LogP contribution in [-0.4, -0.2) is 13.5 Å². The summed E-state index contributed by atoms with van der Waals surface area (Å²) in [5.74, 6) is 0. The van der Waals surface area contributed by atoms with E-state index >= 15 is 0 Å². The topological polar surface area (TPSA) is 12.0 Å². The van der Waals surface area contributed by atoms with Crippen molar-refractivity contribution in [1.29, 1.82) is 0 Å². The molecule has 0 unspecified atom stereocenters. The number of hydrogen-bond donors (Lipinski definition) is 1. The summed E-state index contributed by atoms with van der Waals surface area (Å²) in [6.07, 6.45) is -2.42. The highest BCUT2D eigenvalue weighted by Crippen LogP contribution is 2.12. The number of rotatable bonds is 4. The maximum absolute atomic E-state index is 12.1. The minimum absolute atomic E-state index is 0.155. The van der Waals surface area contributed by atoms with Crippen LogP contribution in [0.1, 0.15) is 11.1 Å². The molecule has 1 rings (SSSR count). The first-order valence-corrected chi connectivity index (χ1v) is 4.23. The van der Waals surface area contributed by atoms with E-state index in [2.05, 4.69) is 5.32 Å². The Hall–Kier alpha value is -0.960. The van der Waals surface area contributed by atoms with Crippen molar-refractivity contribution in [3.63, 3.8) is 0 Å². The molecule has 1 aromatic carbocycles. The van der Waals surface area contributed by atoms with E-state index in [4.69, 9.17) is 0 Å². The molecule has 3 heteroatoms. The maximum Gasteiger partial charge on any atom is 0.242 e. The highest BCUT2D eigenvalue weighted by Gasteiger charge is 2.07. The second-order valence-corrected chi connectivity index (χ2v) is 2.89. The van der Waals surface area contributed by atoms with Gasteiger partial charge in [-0.1, -0.05) is 24.3 Å². The Morgan fingerprint density at radius 2 is 1.85 bits per heavy atom. The van der Waals surface area contributed by atoms with Crippen LogP contribution in [0, 0.1) is 0 Å². The molecule has 1 N–H and O–H groups in total. The van der Waals surface area contributed by atoms with Crippen LogP contribution in [0.15, 0.2) is 24.3 Å². The van der Waals surface area contributed by atoms with Crippen LogP contribution in [0.4, 0.5) is 8.78 Å². The average Bonchev–Trinajstić information content (AvgIpc) is 2.08. The normalized spacial score (nSPS) is 10.8. The Morgan fingerprint density at radius 1 is 1.23 bits per heavy atom. The molecule has 0 bridgehead atoms. The van der Waals surface area contributed by atoms with Crippen molar-refractivity contribution >= 4 is 0 Å². The molecule has 0 aliphatic rings. The van der Waals surface area contributed by atoms with Crippen molar-refractivity contribution in [2.45, 2.75) is 19.4 Å². The van der Waals surface area contributed by atoms with Gasteiger partial charge in [-0.15, -0.1) is 0 Å². The number of halogens is 2. The van der Waals surface area contributed by atoms with Crippen LogP contribution >= 0.6 is 0 Å². The SMILES string of the molecule is CNCc1ccccc1CC(F)F. The van der Waals surface area contributed by atoms with Gasteiger partial charge in [0.15, 0.2) is 0 Å². The largest absolute Gasteiger partial charge is 0.316 e. The lowest BCUT2D eigenvalue weighted by Gasteiger charge is -2.07. The molecule has 0 saturated carbocycles. The van der Waals surface area contributed by atoms with Crippen LogP contribution in [-0.2, 0) is 13.0 Å². The van der Waals surface area contributed by atoms with Crippen LogP contribution in [0.2, 0.25) is 0 Å². The summed E-state index contributed by atoms with van der Waals surface area (Å²) < 4.78 is 24.2. The Balaban J connectivity index is 2.78. The highest BCUT2D eigenvalue weighted by atomic mass is 19.3. The first kappa shape index (κ1) is 10.1. The van der Waals surface area contributed by atoms with E-state index in [1.807, 2.05) is 12.1 Å². The van der Waals surface area contributed by atoms with Gasteiger partial charge in [0.25, 0.3) is 0 Å². The monoisotopic (exact) mass is 185 g/mol. The number of hydrogen-bond acceptors (Lipinski definition) is 1. The van der Waals surface area contributed by atoms with Crippen LogP contribution < -0.4 is 5.32 Å². The third-order valence-electron chi connectivity index (χ3n) is 1.86. The zero-order chi connectivity index (χ0) is 9.68. The van der Waals surface area contributed by atoms with E-state index in [1.54, 1.807) is 19.2 Å². The van der Waals surface area contributed by atoms with Crippen LogP contribution in [0.5, 0.6) is 0 Å². The van der Waals surface area contributed by atoms with E-state index in [0.717, 1.165) is 11.1 Å². The highest BCUT2D eigenvalue weighted by molar-refractivity contribution is 5.27. The third kappa shape index (κ3) is 3.11.